The first-order valence-electron chi connectivity index (χ1n) is 11.0. The first-order chi connectivity index (χ1) is 13.9. The Morgan fingerprint density at radius 3 is 1.97 bits per heavy atom. The molecule has 0 bridgehead atoms. The van der Waals surface area contributed by atoms with Crippen LogP contribution in [0.4, 0.5) is 0 Å². The molecular formula is C22H41NO6. The van der Waals surface area contributed by atoms with E-state index >= 15 is 0 Å². The Balaban J connectivity index is 3.92. The molecule has 0 radical (unpaired) electrons. The summed E-state index contributed by atoms with van der Waals surface area (Å²) in [6, 6.07) is -1.29. The predicted molar refractivity (Wildman–Crippen MR) is 114 cm³/mol. The van der Waals surface area contributed by atoms with Gasteiger partial charge in [-0.2, -0.15) is 0 Å². The molecule has 0 aromatic heterocycles. The molecule has 7 heteroatoms. The lowest BCUT2D eigenvalue weighted by Crippen LogP contribution is -2.43. The van der Waals surface area contributed by atoms with E-state index in [1.165, 1.54) is 63.9 Å². The molecule has 0 aliphatic rings. The summed E-state index contributed by atoms with van der Waals surface area (Å²) >= 11 is 0. The second-order valence-electron chi connectivity index (χ2n) is 7.58. The lowest BCUT2D eigenvalue weighted by atomic mass is 10.0. The number of unbranched alkanes of at least 4 members (excludes halogenated alkanes) is 11. The van der Waals surface area contributed by atoms with Gasteiger partial charge in [0.25, 0.3) is 0 Å². The van der Waals surface area contributed by atoms with E-state index in [1.54, 1.807) is 6.08 Å². The van der Waals surface area contributed by atoms with Crippen LogP contribution in [0.15, 0.2) is 12.2 Å². The Kier molecular flexibility index (Phi) is 17.9. The normalized spacial score (nSPS) is 14.8. The van der Waals surface area contributed by atoms with Crippen LogP contribution in [0.3, 0.4) is 0 Å². The molecule has 0 aromatic rings. The zero-order valence-corrected chi connectivity index (χ0v) is 17.9. The summed E-state index contributed by atoms with van der Waals surface area (Å²) in [6.07, 6.45) is 14.9. The Morgan fingerprint density at radius 2 is 1.48 bits per heavy atom. The highest BCUT2D eigenvalue weighted by molar-refractivity contribution is 5.94. The topological polar surface area (TPSA) is 130 Å². The number of aliphatic hydroxyl groups excluding tert-OH is 2. The Hall–Kier alpha value is -1.28. The van der Waals surface area contributed by atoms with Gasteiger partial charge < -0.3 is 25.8 Å². The summed E-state index contributed by atoms with van der Waals surface area (Å²) in [7, 11) is 0. The van der Waals surface area contributed by atoms with Crippen LogP contribution in [-0.4, -0.2) is 58.5 Å². The van der Waals surface area contributed by atoms with Gasteiger partial charge in [-0.3, -0.25) is 9.59 Å². The number of carbonyl (C=O) groups is 2. The highest BCUT2D eigenvalue weighted by atomic mass is 16.5. The van der Waals surface area contributed by atoms with Gasteiger partial charge in [0, 0.05) is 0 Å². The summed E-state index contributed by atoms with van der Waals surface area (Å²) in [5.41, 5.74) is 5.33. The van der Waals surface area contributed by atoms with Gasteiger partial charge in [-0.15, -0.1) is 0 Å². The lowest BCUT2D eigenvalue weighted by Gasteiger charge is -2.20. The number of carboxylic acid groups (broad SMARTS) is 1. The van der Waals surface area contributed by atoms with Crippen molar-refractivity contribution in [3.05, 3.63) is 12.2 Å². The van der Waals surface area contributed by atoms with E-state index in [0.29, 0.717) is 0 Å². The van der Waals surface area contributed by atoms with E-state index in [9.17, 15) is 14.7 Å². The largest absolute Gasteiger partial charge is 0.480 e. The minimum absolute atomic E-state index is 0.421. The first-order valence-corrected chi connectivity index (χ1v) is 11.0. The molecular weight excluding hydrogens is 374 g/mol. The molecule has 0 heterocycles. The van der Waals surface area contributed by atoms with Crippen LogP contribution in [0.1, 0.15) is 84.0 Å². The number of allylic oxidation sites excluding steroid dienone is 1. The molecule has 3 atom stereocenters. The van der Waals surface area contributed by atoms with Crippen molar-refractivity contribution in [2.75, 3.05) is 13.2 Å². The van der Waals surface area contributed by atoms with Crippen LogP contribution >= 0.6 is 0 Å². The predicted octanol–water partition coefficient (Wildman–Crippen LogP) is 2.96. The SMILES string of the molecule is CCCCCCCCCCCCCC=CC(=O)C(OC[C@H](N)C(=O)O)C(O)CO. The van der Waals surface area contributed by atoms with Crippen molar-refractivity contribution in [3.8, 4) is 0 Å². The van der Waals surface area contributed by atoms with Gasteiger partial charge in [0.2, 0.25) is 0 Å². The fraction of sp³-hybridized carbons (Fsp3) is 0.818. The monoisotopic (exact) mass is 415 g/mol. The Bertz CT molecular complexity index is 455. The number of rotatable bonds is 20. The van der Waals surface area contributed by atoms with Gasteiger partial charge >= 0.3 is 5.97 Å². The smallest absolute Gasteiger partial charge is 0.322 e. The average molecular weight is 416 g/mol. The fourth-order valence-electron chi connectivity index (χ4n) is 2.98. The Morgan fingerprint density at radius 1 is 0.966 bits per heavy atom. The number of hydrogen-bond donors (Lipinski definition) is 4. The molecule has 0 saturated heterocycles. The number of nitrogens with two attached hydrogens (primary N) is 1. The number of carbonyl (C=O) groups excluding carboxylic acids is 1. The van der Waals surface area contributed by atoms with Gasteiger partial charge in [-0.1, -0.05) is 77.2 Å². The summed E-state index contributed by atoms with van der Waals surface area (Å²) in [5, 5.41) is 27.5. The lowest BCUT2D eigenvalue weighted by molar-refractivity contribution is -0.146. The van der Waals surface area contributed by atoms with E-state index in [4.69, 9.17) is 20.7 Å². The van der Waals surface area contributed by atoms with E-state index in [0.717, 1.165) is 19.3 Å². The third kappa shape index (κ3) is 15.3. The molecule has 0 aliphatic carbocycles. The molecule has 0 amide bonds. The van der Waals surface area contributed by atoms with Crippen LogP contribution in [-0.2, 0) is 14.3 Å². The number of hydrogen-bond acceptors (Lipinski definition) is 6. The average Bonchev–Trinajstić information content (AvgIpc) is 2.70. The maximum Gasteiger partial charge on any atom is 0.322 e. The van der Waals surface area contributed by atoms with Gasteiger partial charge in [0.05, 0.1) is 13.2 Å². The van der Waals surface area contributed by atoms with Crippen LogP contribution < -0.4 is 5.73 Å². The summed E-state index contributed by atoms with van der Waals surface area (Å²) in [6.45, 7) is 1.15. The van der Waals surface area contributed by atoms with Crippen LogP contribution in [0, 0.1) is 0 Å². The van der Waals surface area contributed by atoms with Gasteiger partial charge in [0.1, 0.15) is 18.2 Å². The maximum atomic E-state index is 12.2. The molecule has 0 fully saturated rings. The van der Waals surface area contributed by atoms with Crippen LogP contribution in [0.2, 0.25) is 0 Å². The van der Waals surface area contributed by atoms with Gasteiger partial charge in [-0.25, -0.2) is 0 Å². The van der Waals surface area contributed by atoms with Crippen molar-refractivity contribution in [3.63, 3.8) is 0 Å². The highest BCUT2D eigenvalue weighted by Gasteiger charge is 2.27. The van der Waals surface area contributed by atoms with Crippen molar-refractivity contribution in [1.29, 1.82) is 0 Å². The standard InChI is InChI=1S/C22H41NO6/c1-2-3-4-5-6-7-8-9-10-11-12-13-14-15-19(25)21(20(26)16-24)29-17-18(23)22(27)28/h14-15,18,20-21,24,26H,2-13,16-17,23H2,1H3,(H,27,28)/t18-,20?,21?/m0/s1. The summed E-state index contributed by atoms with van der Waals surface area (Å²) in [4.78, 5) is 22.9. The van der Waals surface area contributed by atoms with Crippen molar-refractivity contribution < 1.29 is 29.6 Å². The minimum atomic E-state index is -1.42. The third-order valence-corrected chi connectivity index (χ3v) is 4.85. The van der Waals surface area contributed by atoms with Crippen molar-refractivity contribution >= 4 is 11.8 Å². The van der Waals surface area contributed by atoms with Crippen molar-refractivity contribution in [1.82, 2.24) is 0 Å². The van der Waals surface area contributed by atoms with E-state index in [2.05, 4.69) is 6.92 Å². The molecule has 0 aliphatic heterocycles. The Labute approximate surface area is 175 Å². The second-order valence-corrected chi connectivity index (χ2v) is 7.58. The van der Waals surface area contributed by atoms with Crippen molar-refractivity contribution in [2.24, 2.45) is 5.73 Å². The number of aliphatic hydroxyl groups is 2. The molecule has 7 nitrogen and oxygen atoms in total. The fourth-order valence-corrected chi connectivity index (χ4v) is 2.98. The number of ether oxygens (including phenoxy) is 1. The maximum absolute atomic E-state index is 12.2. The molecule has 2 unspecified atom stereocenters. The van der Waals surface area contributed by atoms with Crippen LogP contribution in [0.5, 0.6) is 0 Å². The zero-order valence-electron chi connectivity index (χ0n) is 17.9. The summed E-state index contributed by atoms with van der Waals surface area (Å²) < 4.78 is 5.13. The zero-order chi connectivity index (χ0) is 21.9. The quantitative estimate of drug-likeness (QED) is 0.178. The minimum Gasteiger partial charge on any atom is -0.480 e. The van der Waals surface area contributed by atoms with E-state index < -0.39 is 43.2 Å². The van der Waals surface area contributed by atoms with Gasteiger partial charge in [-0.05, 0) is 18.9 Å². The molecule has 0 aromatic carbocycles. The summed E-state index contributed by atoms with van der Waals surface area (Å²) in [5.74, 6) is -1.77. The second kappa shape index (κ2) is 18.7. The van der Waals surface area contributed by atoms with Gasteiger partial charge in [0.15, 0.2) is 5.78 Å². The van der Waals surface area contributed by atoms with E-state index in [1.807, 2.05) is 0 Å². The molecule has 5 N–H and O–H groups in total. The van der Waals surface area contributed by atoms with E-state index in [-0.39, 0.29) is 0 Å². The molecule has 0 rings (SSSR count). The molecule has 0 spiro atoms. The number of carboxylic acids is 1. The molecule has 170 valence electrons. The van der Waals surface area contributed by atoms with Crippen LogP contribution in [0.25, 0.3) is 0 Å². The first kappa shape index (κ1) is 27.7. The van der Waals surface area contributed by atoms with Crippen molar-refractivity contribution in [2.45, 2.75) is 102 Å². The number of aliphatic carboxylic acids is 1. The molecule has 0 saturated carbocycles. The third-order valence-electron chi connectivity index (χ3n) is 4.85. The highest BCUT2D eigenvalue weighted by Crippen LogP contribution is 2.12. The molecule has 29 heavy (non-hydrogen) atoms. The number of ketones is 1.